The van der Waals surface area contributed by atoms with E-state index in [1.165, 1.54) is 22.3 Å². The lowest BCUT2D eigenvalue weighted by molar-refractivity contribution is 0.988. The van der Waals surface area contributed by atoms with Crippen LogP contribution in [0.5, 0.6) is 0 Å². The SMILES string of the molecule is N=C(c1ccc(-c2cccc3c2CCC=C3)cc1)c1ccccc1N. The first-order valence-electron chi connectivity index (χ1n) is 8.57. The fourth-order valence-electron chi connectivity index (χ4n) is 3.44. The van der Waals surface area contributed by atoms with Crippen LogP contribution in [0.25, 0.3) is 17.2 Å². The van der Waals surface area contributed by atoms with Crippen molar-refractivity contribution in [1.29, 1.82) is 5.41 Å². The van der Waals surface area contributed by atoms with Crippen molar-refractivity contribution in [1.82, 2.24) is 0 Å². The largest absolute Gasteiger partial charge is 0.398 e. The third kappa shape index (κ3) is 2.87. The molecule has 0 saturated heterocycles. The fourth-order valence-corrected chi connectivity index (χ4v) is 3.44. The summed E-state index contributed by atoms with van der Waals surface area (Å²) in [6.45, 7) is 0. The van der Waals surface area contributed by atoms with Gasteiger partial charge >= 0.3 is 0 Å². The molecule has 0 radical (unpaired) electrons. The Bertz CT molecular complexity index is 966. The standard InChI is InChI=1S/C23H20N2/c24-22-11-4-3-9-21(22)23(25)18-14-12-17(13-15-18)20-10-5-7-16-6-1-2-8-19(16)20/h1,3-7,9-15,25H,2,8,24H2. The number of benzene rings is 3. The number of hydrogen-bond acceptors (Lipinski definition) is 2. The second kappa shape index (κ2) is 6.40. The van der Waals surface area contributed by atoms with Gasteiger partial charge in [-0.1, -0.05) is 72.8 Å². The van der Waals surface area contributed by atoms with Crippen LogP contribution in [0.1, 0.15) is 28.7 Å². The van der Waals surface area contributed by atoms with Crippen LogP contribution in [0, 0.1) is 5.41 Å². The molecule has 0 aliphatic heterocycles. The lowest BCUT2D eigenvalue weighted by atomic mass is 9.89. The molecule has 2 nitrogen and oxygen atoms in total. The number of allylic oxidation sites excluding steroid dienone is 1. The average Bonchev–Trinajstić information content (AvgIpc) is 2.67. The summed E-state index contributed by atoms with van der Waals surface area (Å²) in [7, 11) is 0. The van der Waals surface area contributed by atoms with Crippen molar-refractivity contribution < 1.29 is 0 Å². The zero-order valence-corrected chi connectivity index (χ0v) is 14.0. The number of anilines is 1. The van der Waals surface area contributed by atoms with E-state index >= 15 is 0 Å². The minimum absolute atomic E-state index is 0.461. The van der Waals surface area contributed by atoms with E-state index in [4.69, 9.17) is 11.1 Å². The van der Waals surface area contributed by atoms with Gasteiger partial charge in [0.1, 0.15) is 0 Å². The Morgan fingerprint density at radius 2 is 1.68 bits per heavy atom. The highest BCUT2D eigenvalue weighted by atomic mass is 14.6. The topological polar surface area (TPSA) is 49.9 Å². The van der Waals surface area contributed by atoms with Gasteiger partial charge in [0.05, 0.1) is 5.71 Å². The summed E-state index contributed by atoms with van der Waals surface area (Å²) in [5, 5.41) is 8.45. The zero-order valence-electron chi connectivity index (χ0n) is 14.0. The molecule has 0 bridgehead atoms. The second-order valence-corrected chi connectivity index (χ2v) is 6.35. The Morgan fingerprint density at radius 3 is 2.48 bits per heavy atom. The van der Waals surface area contributed by atoms with Gasteiger partial charge < -0.3 is 5.73 Å². The molecule has 3 aromatic rings. The van der Waals surface area contributed by atoms with Crippen molar-refractivity contribution in [3.8, 4) is 11.1 Å². The smallest absolute Gasteiger partial charge is 0.0705 e. The first-order chi connectivity index (χ1) is 12.2. The molecular formula is C23H20N2. The van der Waals surface area contributed by atoms with Crippen molar-refractivity contribution in [3.05, 3.63) is 95.1 Å². The lowest BCUT2D eigenvalue weighted by Gasteiger charge is -2.16. The first kappa shape index (κ1) is 15.4. The predicted molar refractivity (Wildman–Crippen MR) is 106 cm³/mol. The molecule has 2 heteroatoms. The van der Waals surface area contributed by atoms with E-state index in [0.717, 1.165) is 24.0 Å². The molecular weight excluding hydrogens is 304 g/mol. The van der Waals surface area contributed by atoms with E-state index in [-0.39, 0.29) is 0 Å². The highest BCUT2D eigenvalue weighted by Crippen LogP contribution is 2.31. The quantitative estimate of drug-likeness (QED) is 0.498. The summed E-state index contributed by atoms with van der Waals surface area (Å²) in [5.74, 6) is 0. The molecule has 0 saturated carbocycles. The van der Waals surface area contributed by atoms with Crippen LogP contribution < -0.4 is 5.73 Å². The molecule has 1 aliphatic carbocycles. The van der Waals surface area contributed by atoms with E-state index in [1.54, 1.807) is 0 Å². The summed E-state index contributed by atoms with van der Waals surface area (Å²) in [6, 6.07) is 22.3. The van der Waals surface area contributed by atoms with Gasteiger partial charge in [0.25, 0.3) is 0 Å². The number of hydrogen-bond donors (Lipinski definition) is 2. The minimum Gasteiger partial charge on any atom is -0.398 e. The third-order valence-electron chi connectivity index (χ3n) is 4.79. The Balaban J connectivity index is 1.69. The number of nitrogens with one attached hydrogen (secondary N) is 1. The van der Waals surface area contributed by atoms with Crippen molar-refractivity contribution in [2.24, 2.45) is 0 Å². The average molecular weight is 324 g/mol. The lowest BCUT2D eigenvalue weighted by Crippen LogP contribution is -2.05. The van der Waals surface area contributed by atoms with E-state index in [2.05, 4.69) is 42.5 Å². The van der Waals surface area contributed by atoms with E-state index in [1.807, 2.05) is 36.4 Å². The Morgan fingerprint density at radius 1 is 0.880 bits per heavy atom. The summed E-state index contributed by atoms with van der Waals surface area (Å²) >= 11 is 0. The highest BCUT2D eigenvalue weighted by Gasteiger charge is 2.12. The van der Waals surface area contributed by atoms with Crippen LogP contribution in [-0.2, 0) is 6.42 Å². The third-order valence-corrected chi connectivity index (χ3v) is 4.79. The normalized spacial score (nSPS) is 12.6. The van der Waals surface area contributed by atoms with Crippen molar-refractivity contribution in [2.45, 2.75) is 12.8 Å². The molecule has 0 aromatic heterocycles. The molecule has 122 valence electrons. The molecule has 3 N–H and O–H groups in total. The molecule has 1 aliphatic rings. The molecule has 3 aromatic carbocycles. The number of nitrogen functional groups attached to an aromatic ring is 1. The fraction of sp³-hybridized carbons (Fsp3) is 0.0870. The summed E-state index contributed by atoms with van der Waals surface area (Å²) in [4.78, 5) is 0. The van der Waals surface area contributed by atoms with Crippen molar-refractivity contribution in [3.63, 3.8) is 0 Å². The van der Waals surface area contributed by atoms with Gasteiger partial charge in [-0.2, -0.15) is 0 Å². The molecule has 0 heterocycles. The second-order valence-electron chi connectivity index (χ2n) is 6.35. The predicted octanol–water partition coefficient (Wildman–Crippen LogP) is 5.31. The van der Waals surface area contributed by atoms with Gasteiger partial charge in [-0.15, -0.1) is 0 Å². The van der Waals surface area contributed by atoms with Crippen LogP contribution in [0.3, 0.4) is 0 Å². The monoisotopic (exact) mass is 324 g/mol. The maximum absolute atomic E-state index is 8.45. The number of para-hydroxylation sites is 1. The van der Waals surface area contributed by atoms with Crippen LogP contribution in [0.2, 0.25) is 0 Å². The van der Waals surface area contributed by atoms with E-state index in [0.29, 0.717) is 11.4 Å². The molecule has 0 fully saturated rings. The number of rotatable bonds is 3. The van der Waals surface area contributed by atoms with E-state index < -0.39 is 0 Å². The Labute approximate surface area is 148 Å². The summed E-state index contributed by atoms with van der Waals surface area (Å²) in [6.07, 6.45) is 6.63. The zero-order chi connectivity index (χ0) is 17.2. The van der Waals surface area contributed by atoms with Crippen LogP contribution in [0.4, 0.5) is 5.69 Å². The Hall–Kier alpha value is -3.13. The molecule has 0 spiro atoms. The van der Waals surface area contributed by atoms with Gasteiger partial charge in [0, 0.05) is 16.8 Å². The first-order valence-corrected chi connectivity index (χ1v) is 8.57. The van der Waals surface area contributed by atoms with Crippen LogP contribution in [-0.4, -0.2) is 5.71 Å². The molecule has 25 heavy (non-hydrogen) atoms. The molecule has 0 atom stereocenters. The Kier molecular flexibility index (Phi) is 3.95. The van der Waals surface area contributed by atoms with Crippen molar-refractivity contribution in [2.75, 3.05) is 5.73 Å². The summed E-state index contributed by atoms with van der Waals surface area (Å²) < 4.78 is 0. The minimum atomic E-state index is 0.461. The maximum Gasteiger partial charge on any atom is 0.0705 e. The van der Waals surface area contributed by atoms with Crippen molar-refractivity contribution >= 4 is 17.5 Å². The summed E-state index contributed by atoms with van der Waals surface area (Å²) in [5.41, 5.74) is 14.0. The van der Waals surface area contributed by atoms with Crippen LogP contribution >= 0.6 is 0 Å². The maximum atomic E-state index is 8.45. The molecule has 4 rings (SSSR count). The number of nitrogens with two attached hydrogens (primary N) is 1. The van der Waals surface area contributed by atoms with Crippen LogP contribution in [0.15, 0.2) is 72.8 Å². The van der Waals surface area contributed by atoms with Gasteiger partial charge in [-0.3, -0.25) is 5.41 Å². The van der Waals surface area contributed by atoms with Gasteiger partial charge in [0.2, 0.25) is 0 Å². The highest BCUT2D eigenvalue weighted by molar-refractivity contribution is 6.13. The molecule has 0 unspecified atom stereocenters. The molecule has 0 amide bonds. The van der Waals surface area contributed by atoms with Gasteiger partial charge in [-0.25, -0.2) is 0 Å². The van der Waals surface area contributed by atoms with E-state index in [9.17, 15) is 0 Å². The number of fused-ring (bicyclic) bond motifs is 1. The van der Waals surface area contributed by atoms with Gasteiger partial charge in [0.15, 0.2) is 0 Å². The van der Waals surface area contributed by atoms with Gasteiger partial charge in [-0.05, 0) is 41.2 Å².